The van der Waals surface area contributed by atoms with Gasteiger partial charge in [-0.05, 0) is 37.7 Å². The molecule has 28 heavy (non-hydrogen) atoms. The summed E-state index contributed by atoms with van der Waals surface area (Å²) in [5, 5.41) is 0. The van der Waals surface area contributed by atoms with Crippen molar-refractivity contribution in [3.63, 3.8) is 0 Å². The number of carbonyl (C=O) groups is 1. The largest absolute Gasteiger partial charge is 0.349 e. The van der Waals surface area contributed by atoms with Crippen LogP contribution >= 0.6 is 23.5 Å². The second-order valence-electron chi connectivity index (χ2n) is 9.39. The van der Waals surface area contributed by atoms with Crippen molar-refractivity contribution in [2.75, 3.05) is 24.7 Å². The Labute approximate surface area is 180 Å². The van der Waals surface area contributed by atoms with Crippen LogP contribution in [-0.2, 0) is 14.3 Å². The zero-order valence-corrected chi connectivity index (χ0v) is 19.5. The van der Waals surface area contributed by atoms with Gasteiger partial charge in [-0.25, -0.2) is 0 Å². The molecule has 0 amide bonds. The van der Waals surface area contributed by atoms with Gasteiger partial charge in [0.2, 0.25) is 0 Å². The molecule has 2 saturated heterocycles. The van der Waals surface area contributed by atoms with E-state index in [2.05, 4.69) is 50.4 Å². The molecule has 0 aromatic heterocycles. The van der Waals surface area contributed by atoms with Gasteiger partial charge in [0.25, 0.3) is 0 Å². The normalized spacial score (nSPS) is 29.8. The molecule has 3 aliphatic rings. The van der Waals surface area contributed by atoms with Gasteiger partial charge >= 0.3 is 0 Å². The van der Waals surface area contributed by atoms with E-state index in [1.54, 1.807) is 0 Å². The smallest absolute Gasteiger partial charge is 0.171 e. The first-order chi connectivity index (χ1) is 13.4. The SMILES string of the molecule is CCCCCC(=O)/C=C/C1CCC2(OCC(C)(C)CO2)C1CCC1SCCS1. The second-order valence-corrected chi connectivity index (χ2v) is 12.3. The Morgan fingerprint density at radius 1 is 1.11 bits per heavy atom. The zero-order chi connectivity index (χ0) is 20.0. The first kappa shape index (κ1) is 22.7. The minimum Gasteiger partial charge on any atom is -0.349 e. The summed E-state index contributed by atoms with van der Waals surface area (Å²) in [7, 11) is 0. The standard InChI is InChI=1S/C23H38O3S2/c1-4-5-6-7-19(24)9-8-18-12-13-23(25-16-22(2,3)17-26-23)20(18)10-11-21-27-14-15-28-21/h8-9,18,20-21H,4-7,10-17H2,1-3H3/b9-8+. The van der Waals surface area contributed by atoms with Crippen LogP contribution in [0.15, 0.2) is 12.2 Å². The number of unbranched alkanes of at least 4 members (excludes halogenated alkanes) is 2. The lowest BCUT2D eigenvalue weighted by Gasteiger charge is -2.45. The first-order valence-electron chi connectivity index (χ1n) is 11.2. The van der Waals surface area contributed by atoms with Crippen molar-refractivity contribution >= 4 is 29.3 Å². The summed E-state index contributed by atoms with van der Waals surface area (Å²) >= 11 is 4.20. The maximum Gasteiger partial charge on any atom is 0.171 e. The Kier molecular flexibility index (Phi) is 8.41. The third kappa shape index (κ3) is 6.02. The maximum atomic E-state index is 12.2. The van der Waals surface area contributed by atoms with E-state index in [1.165, 1.54) is 17.9 Å². The summed E-state index contributed by atoms with van der Waals surface area (Å²) in [6.07, 6.45) is 12.4. The van der Waals surface area contributed by atoms with Crippen molar-refractivity contribution in [3.05, 3.63) is 12.2 Å². The molecule has 2 atom stereocenters. The predicted octanol–water partition coefficient (Wildman–Crippen LogP) is 6.07. The molecule has 5 heteroatoms. The van der Waals surface area contributed by atoms with Gasteiger partial charge in [-0.1, -0.05) is 39.7 Å². The van der Waals surface area contributed by atoms with Gasteiger partial charge in [0.05, 0.1) is 17.8 Å². The Morgan fingerprint density at radius 2 is 1.82 bits per heavy atom. The second kappa shape index (κ2) is 10.4. The lowest BCUT2D eigenvalue weighted by Crippen LogP contribution is -2.50. The molecule has 3 rings (SSSR count). The predicted molar refractivity (Wildman–Crippen MR) is 121 cm³/mol. The van der Waals surface area contributed by atoms with Crippen LogP contribution in [0, 0.1) is 17.3 Å². The number of hydrogen-bond acceptors (Lipinski definition) is 5. The number of carbonyl (C=O) groups excluding carboxylic acids is 1. The molecule has 3 nitrogen and oxygen atoms in total. The number of allylic oxidation sites excluding steroid dienone is 2. The van der Waals surface area contributed by atoms with Crippen molar-refractivity contribution in [3.8, 4) is 0 Å². The van der Waals surface area contributed by atoms with E-state index in [1.807, 2.05) is 6.08 Å². The number of hydrogen-bond donors (Lipinski definition) is 0. The van der Waals surface area contributed by atoms with Gasteiger partial charge in [0, 0.05) is 35.7 Å². The number of rotatable bonds is 9. The highest BCUT2D eigenvalue weighted by Gasteiger charge is 2.52. The van der Waals surface area contributed by atoms with Crippen molar-refractivity contribution in [1.29, 1.82) is 0 Å². The highest BCUT2D eigenvalue weighted by molar-refractivity contribution is 8.20. The number of ketones is 1. The van der Waals surface area contributed by atoms with E-state index in [4.69, 9.17) is 9.47 Å². The fraction of sp³-hybridized carbons (Fsp3) is 0.870. The molecular formula is C23H38O3S2. The van der Waals surface area contributed by atoms with Crippen molar-refractivity contribution < 1.29 is 14.3 Å². The van der Waals surface area contributed by atoms with Crippen molar-refractivity contribution in [2.24, 2.45) is 17.3 Å². The summed E-state index contributed by atoms with van der Waals surface area (Å²) < 4.78 is 13.6. The third-order valence-electron chi connectivity index (χ3n) is 6.28. The molecule has 0 aromatic rings. The first-order valence-corrected chi connectivity index (χ1v) is 13.3. The maximum absolute atomic E-state index is 12.2. The van der Waals surface area contributed by atoms with Crippen LogP contribution in [0.2, 0.25) is 0 Å². The molecule has 0 aromatic carbocycles. The van der Waals surface area contributed by atoms with E-state index in [0.717, 1.165) is 56.3 Å². The van der Waals surface area contributed by atoms with Crippen molar-refractivity contribution in [1.82, 2.24) is 0 Å². The number of thioether (sulfide) groups is 2. The van der Waals surface area contributed by atoms with E-state index in [9.17, 15) is 4.79 Å². The fourth-order valence-electron chi connectivity index (χ4n) is 4.57. The van der Waals surface area contributed by atoms with Gasteiger partial charge in [0.15, 0.2) is 11.6 Å². The van der Waals surface area contributed by atoms with Crippen molar-refractivity contribution in [2.45, 2.75) is 82.5 Å². The van der Waals surface area contributed by atoms with Crippen LogP contribution in [-0.4, -0.2) is 40.9 Å². The molecule has 3 fully saturated rings. The summed E-state index contributed by atoms with van der Waals surface area (Å²) in [6, 6.07) is 0. The molecule has 0 radical (unpaired) electrons. The summed E-state index contributed by atoms with van der Waals surface area (Å²) in [6.45, 7) is 8.13. The highest BCUT2D eigenvalue weighted by Crippen LogP contribution is 2.51. The summed E-state index contributed by atoms with van der Waals surface area (Å²) in [5.74, 6) is 3.17. The van der Waals surface area contributed by atoms with Crippen LogP contribution in [0.4, 0.5) is 0 Å². The van der Waals surface area contributed by atoms with Gasteiger partial charge < -0.3 is 9.47 Å². The van der Waals surface area contributed by atoms with Crippen LogP contribution < -0.4 is 0 Å². The van der Waals surface area contributed by atoms with Crippen LogP contribution in [0.25, 0.3) is 0 Å². The topological polar surface area (TPSA) is 35.5 Å². The molecule has 0 N–H and O–H groups in total. The Hall–Kier alpha value is 0.0300. The number of ether oxygens (including phenoxy) is 2. The third-order valence-corrected chi connectivity index (χ3v) is 9.45. The lowest BCUT2D eigenvalue weighted by atomic mass is 9.86. The van der Waals surface area contributed by atoms with E-state index >= 15 is 0 Å². The highest BCUT2D eigenvalue weighted by atomic mass is 32.2. The van der Waals surface area contributed by atoms with Crippen LogP contribution in [0.5, 0.6) is 0 Å². The minimum atomic E-state index is -0.427. The molecular weight excluding hydrogens is 388 g/mol. The molecule has 1 aliphatic carbocycles. The average molecular weight is 427 g/mol. The Bertz CT molecular complexity index is 530. The van der Waals surface area contributed by atoms with E-state index in [0.29, 0.717) is 18.3 Å². The molecule has 1 saturated carbocycles. The van der Waals surface area contributed by atoms with Crippen LogP contribution in [0.1, 0.15) is 72.1 Å². The molecule has 1 spiro atoms. The van der Waals surface area contributed by atoms with E-state index < -0.39 is 5.79 Å². The quantitative estimate of drug-likeness (QED) is 0.330. The fourth-order valence-corrected chi connectivity index (χ4v) is 7.44. The molecule has 160 valence electrons. The monoisotopic (exact) mass is 426 g/mol. The minimum absolute atomic E-state index is 0.0934. The molecule has 2 unspecified atom stereocenters. The Balaban J connectivity index is 1.63. The van der Waals surface area contributed by atoms with Gasteiger partial charge in [-0.15, -0.1) is 23.5 Å². The summed E-state index contributed by atoms with van der Waals surface area (Å²) in [5.41, 5.74) is 0.0934. The summed E-state index contributed by atoms with van der Waals surface area (Å²) in [4.78, 5) is 12.2. The average Bonchev–Trinajstić information content (AvgIpc) is 3.30. The van der Waals surface area contributed by atoms with Gasteiger partial charge in [0.1, 0.15) is 0 Å². The molecule has 2 heterocycles. The van der Waals surface area contributed by atoms with Gasteiger partial charge in [-0.2, -0.15) is 0 Å². The van der Waals surface area contributed by atoms with Crippen LogP contribution in [0.3, 0.4) is 0 Å². The molecule has 0 bridgehead atoms. The Morgan fingerprint density at radius 3 is 2.50 bits per heavy atom. The van der Waals surface area contributed by atoms with Gasteiger partial charge in [-0.3, -0.25) is 4.79 Å². The lowest BCUT2D eigenvalue weighted by molar-refractivity contribution is -0.316. The zero-order valence-electron chi connectivity index (χ0n) is 17.9. The molecule has 2 aliphatic heterocycles. The van der Waals surface area contributed by atoms with E-state index in [-0.39, 0.29) is 11.2 Å².